The van der Waals surface area contributed by atoms with E-state index < -0.39 is 24.5 Å². The van der Waals surface area contributed by atoms with Crippen LogP contribution in [0.2, 0.25) is 0 Å². The van der Waals surface area contributed by atoms with Crippen LogP contribution >= 0.6 is 0 Å². The van der Waals surface area contributed by atoms with Crippen LogP contribution in [0.4, 0.5) is 0 Å². The smallest absolute Gasteiger partial charge is 0.281 e. The number of aliphatic hydroxyl groups excluding tert-OH is 2. The highest BCUT2D eigenvalue weighted by Crippen LogP contribution is 2.32. The fraction of sp³-hybridized carbons (Fsp3) is 0.583. The van der Waals surface area contributed by atoms with Gasteiger partial charge in [-0.25, -0.2) is 9.97 Å². The van der Waals surface area contributed by atoms with Gasteiger partial charge in [-0.2, -0.15) is 0 Å². The van der Waals surface area contributed by atoms with Crippen LogP contribution in [-0.2, 0) is 16.5 Å². The van der Waals surface area contributed by atoms with Crippen LogP contribution in [0, 0.1) is 0 Å². The molecule has 1 saturated heterocycles. The maximum atomic E-state index is 12.0. The van der Waals surface area contributed by atoms with Crippen LogP contribution in [0.5, 0.6) is 0 Å². The molecule has 0 aromatic carbocycles. The zero-order valence-corrected chi connectivity index (χ0v) is 11.6. The van der Waals surface area contributed by atoms with E-state index in [0.29, 0.717) is 5.65 Å². The van der Waals surface area contributed by atoms with Gasteiger partial charge in [0.05, 0.1) is 19.3 Å². The van der Waals surface area contributed by atoms with E-state index in [4.69, 9.17) is 9.47 Å². The third kappa shape index (κ3) is 2.05. The second-order valence-electron chi connectivity index (χ2n) is 4.92. The van der Waals surface area contributed by atoms with Gasteiger partial charge in [-0.3, -0.25) is 9.36 Å². The number of fused-ring (bicyclic) bond motifs is 1. The zero-order chi connectivity index (χ0) is 15.1. The molecule has 114 valence electrons. The normalized spacial score (nSPS) is 29.3. The van der Waals surface area contributed by atoms with Crippen molar-refractivity contribution in [3.8, 4) is 0 Å². The average Bonchev–Trinajstić information content (AvgIpc) is 3.03. The number of nitrogens with zero attached hydrogens (tertiary/aromatic N) is 4. The van der Waals surface area contributed by atoms with Crippen LogP contribution in [0.3, 0.4) is 0 Å². The van der Waals surface area contributed by atoms with E-state index in [9.17, 15) is 15.0 Å². The number of imidazole rings is 1. The molecule has 2 aromatic rings. The highest BCUT2D eigenvalue weighted by Gasteiger charge is 2.45. The second-order valence-corrected chi connectivity index (χ2v) is 4.92. The molecule has 3 rings (SSSR count). The third-order valence-electron chi connectivity index (χ3n) is 3.68. The topological polar surface area (TPSA) is 112 Å². The van der Waals surface area contributed by atoms with Crippen molar-refractivity contribution < 1.29 is 19.7 Å². The maximum Gasteiger partial charge on any atom is 0.281 e. The highest BCUT2D eigenvalue weighted by molar-refractivity contribution is 5.69. The molecule has 1 fully saturated rings. The van der Waals surface area contributed by atoms with E-state index in [-0.39, 0.29) is 17.7 Å². The molecule has 0 amide bonds. The van der Waals surface area contributed by atoms with Crippen molar-refractivity contribution in [2.45, 2.75) is 24.5 Å². The third-order valence-corrected chi connectivity index (χ3v) is 3.68. The summed E-state index contributed by atoms with van der Waals surface area (Å²) >= 11 is 0. The van der Waals surface area contributed by atoms with Gasteiger partial charge < -0.3 is 24.3 Å². The SMILES string of the molecule is CO[C@H]1C(O)[C@@H](CO)O[C@H]1n1cnc2c(=O)n(C)cnc21. The molecule has 1 aliphatic heterocycles. The number of aryl methyl sites for hydroxylation is 1. The van der Waals surface area contributed by atoms with Crippen molar-refractivity contribution in [1.82, 2.24) is 19.1 Å². The Morgan fingerprint density at radius 3 is 2.86 bits per heavy atom. The molecule has 3 heterocycles. The molecule has 2 aromatic heterocycles. The molecule has 9 nitrogen and oxygen atoms in total. The first-order valence-corrected chi connectivity index (χ1v) is 6.43. The molecular formula is C12H16N4O5. The Hall–Kier alpha value is -1.81. The van der Waals surface area contributed by atoms with Gasteiger partial charge in [0.2, 0.25) is 0 Å². The molecule has 0 spiro atoms. The Morgan fingerprint density at radius 2 is 2.19 bits per heavy atom. The number of aromatic nitrogens is 4. The van der Waals surface area contributed by atoms with Gasteiger partial charge in [0.1, 0.15) is 18.3 Å². The van der Waals surface area contributed by atoms with E-state index >= 15 is 0 Å². The molecule has 0 radical (unpaired) electrons. The minimum Gasteiger partial charge on any atom is -0.394 e. The number of methoxy groups -OCH3 is 1. The molecule has 0 saturated carbocycles. The largest absolute Gasteiger partial charge is 0.394 e. The van der Waals surface area contributed by atoms with E-state index in [2.05, 4.69) is 9.97 Å². The second kappa shape index (κ2) is 5.19. The van der Waals surface area contributed by atoms with Crippen molar-refractivity contribution in [2.75, 3.05) is 13.7 Å². The molecule has 1 unspecified atom stereocenters. The Morgan fingerprint density at radius 1 is 1.43 bits per heavy atom. The molecule has 1 aliphatic rings. The molecule has 0 aliphatic carbocycles. The van der Waals surface area contributed by atoms with E-state index in [1.165, 1.54) is 28.9 Å². The van der Waals surface area contributed by atoms with Gasteiger partial charge in [0.15, 0.2) is 17.4 Å². The Kier molecular flexibility index (Phi) is 3.49. The standard InChI is InChI=1S/C12H16N4O5/c1-15-4-14-10-7(11(15)19)13-5-16(10)12-9(20-2)8(18)6(3-17)21-12/h4-6,8-9,12,17-18H,3H2,1-2H3/t6-,8?,9+,12-/m1/s1. The average molecular weight is 296 g/mol. The molecule has 9 heteroatoms. The van der Waals surface area contributed by atoms with Crippen molar-refractivity contribution >= 4 is 11.2 Å². The van der Waals surface area contributed by atoms with Crippen LogP contribution in [0.1, 0.15) is 6.23 Å². The van der Waals surface area contributed by atoms with Gasteiger partial charge in [0.25, 0.3) is 5.56 Å². The van der Waals surface area contributed by atoms with Crippen LogP contribution in [0.25, 0.3) is 11.2 Å². The molecular weight excluding hydrogens is 280 g/mol. The maximum absolute atomic E-state index is 12.0. The fourth-order valence-electron chi connectivity index (χ4n) is 2.53. The number of ether oxygens (including phenoxy) is 2. The van der Waals surface area contributed by atoms with E-state index in [0.717, 1.165) is 0 Å². The van der Waals surface area contributed by atoms with Crippen LogP contribution in [-0.4, -0.2) is 61.3 Å². The van der Waals surface area contributed by atoms with Gasteiger partial charge in [0, 0.05) is 14.2 Å². The minimum absolute atomic E-state index is 0.209. The molecule has 0 bridgehead atoms. The van der Waals surface area contributed by atoms with Crippen molar-refractivity contribution in [3.05, 3.63) is 23.0 Å². The predicted octanol–water partition coefficient (Wildman–Crippen LogP) is -1.60. The lowest BCUT2D eigenvalue weighted by molar-refractivity contribution is -0.0583. The monoisotopic (exact) mass is 296 g/mol. The summed E-state index contributed by atoms with van der Waals surface area (Å²) < 4.78 is 13.7. The lowest BCUT2D eigenvalue weighted by Crippen LogP contribution is -2.34. The first-order valence-electron chi connectivity index (χ1n) is 6.43. The number of hydrogen-bond acceptors (Lipinski definition) is 7. The lowest BCUT2D eigenvalue weighted by Gasteiger charge is -2.19. The molecule has 4 atom stereocenters. The minimum atomic E-state index is -0.978. The van der Waals surface area contributed by atoms with E-state index in [1.807, 2.05) is 0 Å². The van der Waals surface area contributed by atoms with Crippen LogP contribution < -0.4 is 5.56 Å². The highest BCUT2D eigenvalue weighted by atomic mass is 16.6. The van der Waals surface area contributed by atoms with E-state index in [1.54, 1.807) is 7.05 Å². The fourth-order valence-corrected chi connectivity index (χ4v) is 2.53. The first-order chi connectivity index (χ1) is 10.1. The quantitative estimate of drug-likeness (QED) is 0.701. The summed E-state index contributed by atoms with van der Waals surface area (Å²) in [5.41, 5.74) is 0.279. The Balaban J connectivity index is 2.08. The van der Waals surface area contributed by atoms with Crippen molar-refractivity contribution in [1.29, 1.82) is 0 Å². The zero-order valence-electron chi connectivity index (χ0n) is 11.6. The summed E-state index contributed by atoms with van der Waals surface area (Å²) in [5, 5.41) is 19.3. The summed E-state index contributed by atoms with van der Waals surface area (Å²) in [6.45, 7) is -0.334. The van der Waals surface area contributed by atoms with Gasteiger partial charge in [-0.05, 0) is 0 Å². The molecule has 2 N–H and O–H groups in total. The Bertz CT molecular complexity index is 711. The number of rotatable bonds is 3. The Labute approximate surface area is 119 Å². The van der Waals surface area contributed by atoms with Gasteiger partial charge in [-0.1, -0.05) is 0 Å². The van der Waals surface area contributed by atoms with Crippen LogP contribution in [0.15, 0.2) is 17.4 Å². The summed E-state index contributed by atoms with van der Waals surface area (Å²) in [6, 6.07) is 0. The molecule has 21 heavy (non-hydrogen) atoms. The first kappa shape index (κ1) is 14.1. The lowest BCUT2D eigenvalue weighted by atomic mass is 10.1. The number of aliphatic hydroxyl groups is 2. The summed E-state index contributed by atoms with van der Waals surface area (Å²) in [6.07, 6.45) is -0.336. The summed E-state index contributed by atoms with van der Waals surface area (Å²) in [5.74, 6) is 0. The number of hydrogen-bond donors (Lipinski definition) is 2. The van der Waals surface area contributed by atoms with Crippen molar-refractivity contribution in [3.63, 3.8) is 0 Å². The van der Waals surface area contributed by atoms with Gasteiger partial charge in [-0.15, -0.1) is 0 Å². The predicted molar refractivity (Wildman–Crippen MR) is 70.6 cm³/mol. The summed E-state index contributed by atoms with van der Waals surface area (Å²) in [7, 11) is 3.03. The summed E-state index contributed by atoms with van der Waals surface area (Å²) in [4.78, 5) is 20.2. The van der Waals surface area contributed by atoms with Gasteiger partial charge >= 0.3 is 0 Å². The van der Waals surface area contributed by atoms with Crippen molar-refractivity contribution in [2.24, 2.45) is 7.05 Å².